The lowest BCUT2D eigenvalue weighted by molar-refractivity contribution is -0.127. The van der Waals surface area contributed by atoms with E-state index < -0.39 is 5.54 Å². The zero-order valence-electron chi connectivity index (χ0n) is 17.5. The van der Waals surface area contributed by atoms with Crippen LogP contribution in [0.5, 0.6) is 0 Å². The minimum absolute atomic E-state index is 0.119. The number of anilines is 1. The molecule has 0 bridgehead atoms. The maximum absolute atomic E-state index is 12.7. The second kappa shape index (κ2) is 9.91. The van der Waals surface area contributed by atoms with Gasteiger partial charge in [0.05, 0.1) is 10.9 Å². The summed E-state index contributed by atoms with van der Waals surface area (Å²) in [5.74, 6) is 0.761. The number of benzene rings is 1. The number of hydrogen-bond donors (Lipinski definition) is 3. The highest BCUT2D eigenvalue weighted by molar-refractivity contribution is 6.30. The van der Waals surface area contributed by atoms with E-state index in [1.165, 1.54) is 6.42 Å². The third kappa shape index (κ3) is 5.09. The van der Waals surface area contributed by atoms with Gasteiger partial charge in [0.1, 0.15) is 17.8 Å². The van der Waals surface area contributed by atoms with E-state index in [1.807, 2.05) is 36.5 Å². The summed E-state index contributed by atoms with van der Waals surface area (Å²) in [5, 5.41) is 4.61. The number of halogens is 1. The summed E-state index contributed by atoms with van der Waals surface area (Å²) in [7, 11) is 0. The molecule has 4 rings (SSSR count). The monoisotopic (exact) mass is 428 g/mol. The van der Waals surface area contributed by atoms with Gasteiger partial charge < -0.3 is 20.9 Å². The van der Waals surface area contributed by atoms with Crippen LogP contribution in [0, 0.1) is 0 Å². The number of aromatic nitrogens is 3. The molecule has 1 amide bonds. The van der Waals surface area contributed by atoms with Crippen LogP contribution in [0.25, 0.3) is 11.0 Å². The van der Waals surface area contributed by atoms with Crippen molar-refractivity contribution in [3.05, 3.63) is 53.4 Å². The Labute approximate surface area is 182 Å². The molecule has 0 unspecified atom stereocenters. The van der Waals surface area contributed by atoms with Crippen LogP contribution in [0.3, 0.4) is 0 Å². The minimum Gasteiger partial charge on any atom is -0.356 e. The number of fused-ring (bicyclic) bond motifs is 1. The molecule has 2 aromatic heterocycles. The summed E-state index contributed by atoms with van der Waals surface area (Å²) >= 11 is 5.89. The van der Waals surface area contributed by atoms with E-state index in [4.69, 9.17) is 17.3 Å². The number of nitrogens with two attached hydrogens (primary N) is 1. The topological polar surface area (TPSA) is 99.9 Å². The standard InChI is InChI=1S/C19H21ClN6O.C3H8/c20-14-3-1-13(2-4-14)11-23-18(27)19(21)6-9-26(10-7-19)17-15-5-8-22-16(15)24-12-25-17;1-3-2/h1-5,8,12H,6-7,9-11,21H2,(H,23,27)(H,22,24,25);3H2,1-2H3. The third-order valence-electron chi connectivity index (χ3n) is 5.11. The van der Waals surface area contributed by atoms with Crippen molar-refractivity contribution in [2.75, 3.05) is 18.0 Å². The van der Waals surface area contributed by atoms with E-state index >= 15 is 0 Å². The van der Waals surface area contributed by atoms with Gasteiger partial charge in [0.2, 0.25) is 5.91 Å². The zero-order valence-corrected chi connectivity index (χ0v) is 18.2. The summed E-state index contributed by atoms with van der Waals surface area (Å²) in [5.41, 5.74) is 7.36. The van der Waals surface area contributed by atoms with E-state index in [9.17, 15) is 4.79 Å². The molecule has 3 aromatic rings. The Morgan fingerprint density at radius 1 is 1.20 bits per heavy atom. The van der Waals surface area contributed by atoms with Crippen molar-refractivity contribution in [1.29, 1.82) is 0 Å². The third-order valence-corrected chi connectivity index (χ3v) is 5.36. The first-order valence-electron chi connectivity index (χ1n) is 10.3. The fraction of sp³-hybridized carbons (Fsp3) is 0.409. The normalized spacial score (nSPS) is 15.4. The number of carbonyl (C=O) groups is 1. The van der Waals surface area contributed by atoms with Gasteiger partial charge in [-0.1, -0.05) is 44.0 Å². The van der Waals surface area contributed by atoms with Gasteiger partial charge in [0.15, 0.2) is 0 Å². The van der Waals surface area contributed by atoms with Crippen molar-refractivity contribution in [3.63, 3.8) is 0 Å². The van der Waals surface area contributed by atoms with Gasteiger partial charge in [-0.25, -0.2) is 9.97 Å². The van der Waals surface area contributed by atoms with Crippen LogP contribution in [0.1, 0.15) is 38.7 Å². The van der Waals surface area contributed by atoms with Gasteiger partial charge in [0.25, 0.3) is 0 Å². The van der Waals surface area contributed by atoms with E-state index in [1.54, 1.807) is 6.33 Å². The fourth-order valence-corrected chi connectivity index (χ4v) is 3.54. The Kier molecular flexibility index (Phi) is 7.29. The minimum atomic E-state index is -0.868. The van der Waals surface area contributed by atoms with Crippen molar-refractivity contribution in [2.45, 2.75) is 45.2 Å². The summed E-state index contributed by atoms with van der Waals surface area (Å²) in [6.45, 7) is 6.03. The second-order valence-electron chi connectivity index (χ2n) is 7.60. The molecule has 1 aromatic carbocycles. The number of piperidine rings is 1. The maximum atomic E-state index is 12.7. The van der Waals surface area contributed by atoms with Crippen LogP contribution in [0.2, 0.25) is 5.02 Å². The molecule has 1 fully saturated rings. The summed E-state index contributed by atoms with van der Waals surface area (Å²) in [6.07, 6.45) is 5.78. The number of H-pyrrole nitrogens is 1. The number of amides is 1. The van der Waals surface area contributed by atoms with Gasteiger partial charge in [-0.2, -0.15) is 0 Å². The zero-order chi connectivity index (χ0) is 21.6. The molecule has 0 aliphatic carbocycles. The largest absolute Gasteiger partial charge is 0.356 e. The van der Waals surface area contributed by atoms with Crippen molar-refractivity contribution in [2.24, 2.45) is 5.73 Å². The Morgan fingerprint density at radius 3 is 2.53 bits per heavy atom. The average molecular weight is 429 g/mol. The Morgan fingerprint density at radius 2 is 1.87 bits per heavy atom. The van der Waals surface area contributed by atoms with Crippen molar-refractivity contribution in [3.8, 4) is 0 Å². The SMILES string of the molecule is CCC.NC1(C(=O)NCc2ccc(Cl)cc2)CCN(c2ncnc3[nH]ccc23)CC1. The van der Waals surface area contributed by atoms with Gasteiger partial charge in [-0.15, -0.1) is 0 Å². The first-order chi connectivity index (χ1) is 14.5. The highest BCUT2D eigenvalue weighted by atomic mass is 35.5. The molecule has 0 spiro atoms. The Bertz CT molecular complexity index is 963. The van der Waals surface area contributed by atoms with Gasteiger partial charge in [0, 0.05) is 30.9 Å². The number of rotatable bonds is 4. The fourth-order valence-electron chi connectivity index (χ4n) is 3.42. The maximum Gasteiger partial charge on any atom is 0.240 e. The van der Waals surface area contributed by atoms with Crippen LogP contribution in [0.15, 0.2) is 42.9 Å². The van der Waals surface area contributed by atoms with E-state index in [2.05, 4.69) is 39.0 Å². The highest BCUT2D eigenvalue weighted by Crippen LogP contribution is 2.28. The molecule has 160 valence electrons. The second-order valence-corrected chi connectivity index (χ2v) is 8.03. The van der Waals surface area contributed by atoms with E-state index in [0.717, 1.165) is 22.4 Å². The van der Waals surface area contributed by atoms with Crippen LogP contribution in [-0.4, -0.2) is 39.5 Å². The smallest absolute Gasteiger partial charge is 0.240 e. The predicted molar refractivity (Wildman–Crippen MR) is 122 cm³/mol. The van der Waals surface area contributed by atoms with E-state index in [0.29, 0.717) is 37.5 Å². The summed E-state index contributed by atoms with van der Waals surface area (Å²) in [6, 6.07) is 9.37. The first-order valence-corrected chi connectivity index (χ1v) is 10.7. The predicted octanol–water partition coefficient (Wildman–Crippen LogP) is 3.64. The molecule has 3 heterocycles. The molecule has 1 aliphatic rings. The molecule has 30 heavy (non-hydrogen) atoms. The lowest BCUT2D eigenvalue weighted by Crippen LogP contribution is -2.59. The van der Waals surface area contributed by atoms with E-state index in [-0.39, 0.29) is 5.91 Å². The van der Waals surface area contributed by atoms with Crippen molar-refractivity contribution >= 4 is 34.4 Å². The van der Waals surface area contributed by atoms with Crippen LogP contribution < -0.4 is 16.0 Å². The highest BCUT2D eigenvalue weighted by Gasteiger charge is 2.38. The molecule has 1 aliphatic heterocycles. The molecule has 8 heteroatoms. The molecule has 7 nitrogen and oxygen atoms in total. The molecule has 0 saturated carbocycles. The Balaban J connectivity index is 0.000000806. The number of hydrogen-bond acceptors (Lipinski definition) is 5. The molecular weight excluding hydrogens is 400 g/mol. The molecular formula is C22H29ClN6O. The van der Waals surface area contributed by atoms with Gasteiger partial charge >= 0.3 is 0 Å². The summed E-state index contributed by atoms with van der Waals surface area (Å²) in [4.78, 5) is 26.6. The van der Waals surface area contributed by atoms with Crippen LogP contribution >= 0.6 is 11.6 Å². The van der Waals surface area contributed by atoms with Gasteiger partial charge in [-0.3, -0.25) is 4.79 Å². The summed E-state index contributed by atoms with van der Waals surface area (Å²) < 4.78 is 0. The lowest BCUT2D eigenvalue weighted by Gasteiger charge is -2.38. The van der Waals surface area contributed by atoms with Gasteiger partial charge in [-0.05, 0) is 36.6 Å². The Hall–Kier alpha value is -2.64. The van der Waals surface area contributed by atoms with Crippen LogP contribution in [-0.2, 0) is 11.3 Å². The molecule has 0 atom stereocenters. The number of aromatic amines is 1. The average Bonchev–Trinajstić information content (AvgIpc) is 3.23. The first kappa shape index (κ1) is 22.1. The molecule has 1 saturated heterocycles. The quantitative estimate of drug-likeness (QED) is 0.589. The molecule has 0 radical (unpaired) electrons. The number of carbonyl (C=O) groups excluding carboxylic acids is 1. The number of nitrogens with zero attached hydrogens (tertiary/aromatic N) is 3. The van der Waals surface area contributed by atoms with Crippen LogP contribution in [0.4, 0.5) is 5.82 Å². The lowest BCUT2D eigenvalue weighted by atomic mass is 9.87. The van der Waals surface area contributed by atoms with Crippen molar-refractivity contribution in [1.82, 2.24) is 20.3 Å². The molecule has 4 N–H and O–H groups in total. The number of nitrogens with one attached hydrogen (secondary N) is 2. The van der Waals surface area contributed by atoms with Crippen molar-refractivity contribution < 1.29 is 4.79 Å².